The normalized spacial score (nSPS) is 11.5. The maximum absolute atomic E-state index is 5.16. The molecule has 0 saturated heterocycles. The molecule has 0 aliphatic heterocycles. The molecule has 0 N–H and O–H groups in total. The third-order valence-electron chi connectivity index (χ3n) is 8.72. The number of pyridine rings is 2. The maximum atomic E-state index is 5.16. The molecular formula is C42H26N4. The van der Waals surface area contributed by atoms with Gasteiger partial charge in [-0.15, -0.1) is 0 Å². The molecule has 0 radical (unpaired) electrons. The Bertz CT molecular complexity index is 2520. The van der Waals surface area contributed by atoms with Gasteiger partial charge in [0.05, 0.1) is 27.9 Å². The van der Waals surface area contributed by atoms with Crippen molar-refractivity contribution in [3.63, 3.8) is 0 Å². The first-order valence-corrected chi connectivity index (χ1v) is 15.4. The fourth-order valence-electron chi connectivity index (χ4n) is 6.58. The Kier molecular flexibility index (Phi) is 6.10. The van der Waals surface area contributed by atoms with Crippen molar-refractivity contribution in [3.8, 4) is 45.0 Å². The van der Waals surface area contributed by atoms with Crippen LogP contribution in [0.2, 0.25) is 0 Å². The number of para-hydroxylation sites is 1. The number of aromatic nitrogens is 4. The van der Waals surface area contributed by atoms with Crippen molar-refractivity contribution < 1.29 is 0 Å². The van der Waals surface area contributed by atoms with Crippen LogP contribution in [0, 0.1) is 0 Å². The van der Waals surface area contributed by atoms with Crippen molar-refractivity contribution in [2.24, 2.45) is 0 Å². The van der Waals surface area contributed by atoms with Gasteiger partial charge >= 0.3 is 0 Å². The van der Waals surface area contributed by atoms with E-state index in [1.807, 2.05) is 48.7 Å². The van der Waals surface area contributed by atoms with E-state index in [0.717, 1.165) is 82.7 Å². The SMILES string of the molecule is c1ccc(-c2cc(-c3ccc(-c4c5ccccc5nc5c4ccc4cccnc45)c4ccccc34)nc(-c3ccccc3)n2)cc1. The van der Waals surface area contributed by atoms with Crippen LogP contribution < -0.4 is 0 Å². The van der Waals surface area contributed by atoms with E-state index in [1.54, 1.807) is 0 Å². The zero-order valence-corrected chi connectivity index (χ0v) is 24.8. The Balaban J connectivity index is 1.33. The molecule has 0 spiro atoms. The third-order valence-corrected chi connectivity index (χ3v) is 8.72. The summed E-state index contributed by atoms with van der Waals surface area (Å²) in [7, 11) is 0. The lowest BCUT2D eigenvalue weighted by atomic mass is 9.89. The summed E-state index contributed by atoms with van der Waals surface area (Å²) >= 11 is 0. The molecule has 4 nitrogen and oxygen atoms in total. The number of hydrogen-bond donors (Lipinski definition) is 0. The molecule has 3 aromatic heterocycles. The molecular weight excluding hydrogens is 560 g/mol. The van der Waals surface area contributed by atoms with Gasteiger partial charge in [0.25, 0.3) is 0 Å². The van der Waals surface area contributed by atoms with Gasteiger partial charge in [0.15, 0.2) is 5.82 Å². The van der Waals surface area contributed by atoms with Gasteiger partial charge in [-0.25, -0.2) is 15.0 Å². The predicted molar refractivity (Wildman–Crippen MR) is 189 cm³/mol. The first kappa shape index (κ1) is 26.2. The Morgan fingerprint density at radius 2 is 1.04 bits per heavy atom. The first-order chi connectivity index (χ1) is 22.8. The predicted octanol–water partition coefficient (Wildman–Crippen LogP) is 10.5. The van der Waals surface area contributed by atoms with Crippen molar-refractivity contribution in [2.45, 2.75) is 0 Å². The minimum Gasteiger partial charge on any atom is -0.254 e. The second kappa shape index (κ2) is 10.7. The van der Waals surface area contributed by atoms with Gasteiger partial charge < -0.3 is 0 Å². The highest BCUT2D eigenvalue weighted by molar-refractivity contribution is 6.19. The average Bonchev–Trinajstić information content (AvgIpc) is 3.14. The largest absolute Gasteiger partial charge is 0.254 e. The van der Waals surface area contributed by atoms with Crippen LogP contribution in [0.1, 0.15) is 0 Å². The Hall–Kier alpha value is -6.26. The van der Waals surface area contributed by atoms with E-state index < -0.39 is 0 Å². The zero-order chi connectivity index (χ0) is 30.5. The molecule has 0 atom stereocenters. The summed E-state index contributed by atoms with van der Waals surface area (Å²) in [4.78, 5) is 20.1. The summed E-state index contributed by atoms with van der Waals surface area (Å²) in [5, 5.41) is 5.56. The highest BCUT2D eigenvalue weighted by atomic mass is 14.9. The van der Waals surface area contributed by atoms with Crippen molar-refractivity contribution in [3.05, 3.63) is 158 Å². The van der Waals surface area contributed by atoms with Crippen LogP contribution in [0.4, 0.5) is 0 Å². The van der Waals surface area contributed by atoms with Crippen molar-refractivity contribution in [1.82, 2.24) is 19.9 Å². The third kappa shape index (κ3) is 4.31. The molecule has 0 aliphatic carbocycles. The average molecular weight is 587 g/mol. The molecule has 9 rings (SSSR count). The standard InChI is InChI=1S/C42H26N4/c1-3-12-27(13-4-1)37-26-38(46-42(45-37)29-14-5-2-6-15-29)32-23-24-33(31-18-8-7-17-30(31)32)39-34-19-9-10-20-36(34)44-41-35(39)22-21-28-16-11-25-43-40(28)41/h1-26H. The molecule has 214 valence electrons. The lowest BCUT2D eigenvalue weighted by Crippen LogP contribution is -1.97. The second-order valence-corrected chi connectivity index (χ2v) is 11.4. The maximum Gasteiger partial charge on any atom is 0.160 e. The highest BCUT2D eigenvalue weighted by Crippen LogP contribution is 2.42. The Labute approximate surface area is 265 Å². The molecule has 9 aromatic rings. The summed E-state index contributed by atoms with van der Waals surface area (Å²) in [6, 6.07) is 52.5. The second-order valence-electron chi connectivity index (χ2n) is 11.4. The summed E-state index contributed by atoms with van der Waals surface area (Å²) < 4.78 is 0. The van der Waals surface area contributed by atoms with Crippen molar-refractivity contribution >= 4 is 43.5 Å². The zero-order valence-electron chi connectivity index (χ0n) is 24.8. The van der Waals surface area contributed by atoms with Gasteiger partial charge in [-0.1, -0.05) is 133 Å². The Morgan fingerprint density at radius 1 is 0.391 bits per heavy atom. The summed E-state index contributed by atoms with van der Waals surface area (Å²) in [6.45, 7) is 0. The highest BCUT2D eigenvalue weighted by Gasteiger charge is 2.19. The summed E-state index contributed by atoms with van der Waals surface area (Å²) in [6.07, 6.45) is 1.84. The number of fused-ring (bicyclic) bond motifs is 5. The van der Waals surface area contributed by atoms with Gasteiger partial charge in [0.2, 0.25) is 0 Å². The van der Waals surface area contributed by atoms with Crippen molar-refractivity contribution in [1.29, 1.82) is 0 Å². The van der Waals surface area contributed by atoms with Gasteiger partial charge in [-0.05, 0) is 34.5 Å². The number of hydrogen-bond acceptors (Lipinski definition) is 4. The summed E-state index contributed by atoms with van der Waals surface area (Å²) in [5.74, 6) is 0.704. The van der Waals surface area contributed by atoms with Gasteiger partial charge in [-0.2, -0.15) is 0 Å². The van der Waals surface area contributed by atoms with E-state index in [9.17, 15) is 0 Å². The molecule has 0 saturated carbocycles. The van der Waals surface area contributed by atoms with Gasteiger partial charge in [0, 0.05) is 44.6 Å². The Morgan fingerprint density at radius 3 is 1.85 bits per heavy atom. The fraction of sp³-hybridized carbons (Fsp3) is 0. The molecule has 3 heterocycles. The van der Waals surface area contributed by atoms with Crippen LogP contribution >= 0.6 is 0 Å². The van der Waals surface area contributed by atoms with E-state index in [2.05, 4.69) is 109 Å². The lowest BCUT2D eigenvalue weighted by molar-refractivity contribution is 1.18. The first-order valence-electron chi connectivity index (χ1n) is 15.4. The number of nitrogens with zero attached hydrogens (tertiary/aromatic N) is 4. The molecule has 0 bridgehead atoms. The van der Waals surface area contributed by atoms with E-state index >= 15 is 0 Å². The minimum atomic E-state index is 0.704. The number of benzene rings is 6. The van der Waals surface area contributed by atoms with Crippen LogP contribution in [-0.2, 0) is 0 Å². The van der Waals surface area contributed by atoms with Gasteiger partial charge in [0.1, 0.15) is 0 Å². The van der Waals surface area contributed by atoms with Gasteiger partial charge in [-0.3, -0.25) is 4.98 Å². The fourth-order valence-corrected chi connectivity index (χ4v) is 6.58. The van der Waals surface area contributed by atoms with E-state index in [4.69, 9.17) is 19.9 Å². The molecule has 46 heavy (non-hydrogen) atoms. The van der Waals surface area contributed by atoms with Crippen molar-refractivity contribution in [2.75, 3.05) is 0 Å². The number of rotatable bonds is 4. The van der Waals surface area contributed by atoms with Crippen LogP contribution in [0.15, 0.2) is 158 Å². The van der Waals surface area contributed by atoms with Crippen LogP contribution in [0.25, 0.3) is 88.5 Å². The van der Waals surface area contributed by atoms with Crippen LogP contribution in [0.3, 0.4) is 0 Å². The molecule has 0 fully saturated rings. The minimum absolute atomic E-state index is 0.704. The van der Waals surface area contributed by atoms with E-state index in [-0.39, 0.29) is 0 Å². The molecule has 0 aliphatic rings. The van der Waals surface area contributed by atoms with E-state index in [1.165, 1.54) is 0 Å². The van der Waals surface area contributed by atoms with Crippen LogP contribution in [0.5, 0.6) is 0 Å². The monoisotopic (exact) mass is 586 g/mol. The lowest BCUT2D eigenvalue weighted by Gasteiger charge is -2.17. The molecule has 0 unspecified atom stereocenters. The quantitative estimate of drug-likeness (QED) is 0.152. The smallest absolute Gasteiger partial charge is 0.160 e. The topological polar surface area (TPSA) is 51.6 Å². The van der Waals surface area contributed by atoms with E-state index in [0.29, 0.717) is 5.82 Å². The molecule has 4 heteroatoms. The molecule has 0 amide bonds. The molecule has 6 aromatic carbocycles. The van der Waals surface area contributed by atoms with Crippen LogP contribution in [-0.4, -0.2) is 19.9 Å². The summed E-state index contributed by atoms with van der Waals surface area (Å²) in [5.41, 5.74) is 9.97.